The summed E-state index contributed by atoms with van der Waals surface area (Å²) in [7, 11) is 0. The molecule has 6 nitrogen and oxygen atoms in total. The summed E-state index contributed by atoms with van der Waals surface area (Å²) < 4.78 is 5.39. The molecule has 0 bridgehead atoms. The molecule has 2 aromatic rings. The third-order valence-corrected chi connectivity index (χ3v) is 5.88. The number of ether oxygens (including phenoxy) is 1. The van der Waals surface area contributed by atoms with Crippen LogP contribution in [0.1, 0.15) is 34.3 Å². The predicted molar refractivity (Wildman–Crippen MR) is 117 cm³/mol. The zero-order valence-corrected chi connectivity index (χ0v) is 17.7. The van der Waals surface area contributed by atoms with E-state index in [2.05, 4.69) is 22.3 Å². The summed E-state index contributed by atoms with van der Waals surface area (Å²) in [4.78, 5) is 28.7. The highest BCUT2D eigenvalue weighted by Crippen LogP contribution is 2.30. The number of carbonyl (C=O) groups excluding carboxylic acids is 2. The van der Waals surface area contributed by atoms with Crippen molar-refractivity contribution >= 4 is 29.1 Å². The normalized spacial score (nSPS) is 17.4. The molecule has 0 aromatic heterocycles. The molecule has 2 aliphatic heterocycles. The van der Waals surface area contributed by atoms with Gasteiger partial charge in [0, 0.05) is 44.7 Å². The van der Waals surface area contributed by atoms with Gasteiger partial charge in [-0.1, -0.05) is 35.9 Å². The van der Waals surface area contributed by atoms with E-state index >= 15 is 0 Å². The summed E-state index contributed by atoms with van der Waals surface area (Å²) in [6.45, 7) is 5.51. The maximum atomic E-state index is 12.6. The van der Waals surface area contributed by atoms with E-state index in [9.17, 15) is 9.59 Å². The summed E-state index contributed by atoms with van der Waals surface area (Å²) in [6.07, 6.45) is 1.33. The lowest BCUT2D eigenvalue weighted by atomic mass is 10.1. The first kappa shape index (κ1) is 20.8. The maximum absolute atomic E-state index is 12.6. The summed E-state index contributed by atoms with van der Waals surface area (Å²) in [5.41, 5.74) is 3.40. The van der Waals surface area contributed by atoms with E-state index in [0.717, 1.165) is 44.8 Å². The number of amides is 2. The first-order chi connectivity index (χ1) is 14.6. The lowest BCUT2D eigenvalue weighted by molar-refractivity contribution is -0.117. The molecule has 2 saturated heterocycles. The van der Waals surface area contributed by atoms with Gasteiger partial charge in [-0.25, -0.2) is 0 Å². The molecule has 2 heterocycles. The Morgan fingerprint density at radius 3 is 2.47 bits per heavy atom. The van der Waals surface area contributed by atoms with Crippen LogP contribution >= 0.6 is 11.6 Å². The van der Waals surface area contributed by atoms with Crippen LogP contribution < -0.4 is 10.2 Å². The van der Waals surface area contributed by atoms with Crippen molar-refractivity contribution in [2.24, 2.45) is 0 Å². The zero-order chi connectivity index (χ0) is 20.9. The fraction of sp³-hybridized carbons (Fsp3) is 0.391. The van der Waals surface area contributed by atoms with Crippen LogP contribution in [-0.2, 0) is 22.6 Å². The van der Waals surface area contributed by atoms with Gasteiger partial charge in [-0.05, 0) is 35.7 Å². The number of halogens is 1. The molecule has 0 saturated carbocycles. The fourth-order valence-corrected chi connectivity index (χ4v) is 4.05. The van der Waals surface area contributed by atoms with Crippen molar-refractivity contribution in [1.82, 2.24) is 10.2 Å². The third kappa shape index (κ3) is 5.01. The standard InChI is InChI=1S/C23H26ClN3O3/c24-20-8-7-19(14-21(20)27-9-1-2-22(27)28)23(29)25-15-17-3-5-18(6-4-17)16-26-10-12-30-13-11-26/h3-8,14H,1-2,9-13,15-16H2,(H,25,29). The molecule has 1 N–H and O–H groups in total. The molecule has 158 valence electrons. The second-order valence-corrected chi connectivity index (χ2v) is 8.11. The van der Waals surface area contributed by atoms with Gasteiger partial charge in [-0.2, -0.15) is 0 Å². The predicted octanol–water partition coefficient (Wildman–Crippen LogP) is 3.23. The van der Waals surface area contributed by atoms with Gasteiger partial charge >= 0.3 is 0 Å². The quantitative estimate of drug-likeness (QED) is 0.768. The van der Waals surface area contributed by atoms with Crippen LogP contribution in [0.2, 0.25) is 5.02 Å². The molecule has 0 unspecified atom stereocenters. The topological polar surface area (TPSA) is 61.9 Å². The maximum Gasteiger partial charge on any atom is 0.251 e. The fourth-order valence-electron chi connectivity index (χ4n) is 3.83. The summed E-state index contributed by atoms with van der Waals surface area (Å²) >= 11 is 6.27. The summed E-state index contributed by atoms with van der Waals surface area (Å²) in [5.74, 6) is -0.136. The monoisotopic (exact) mass is 427 g/mol. The van der Waals surface area contributed by atoms with Crippen molar-refractivity contribution in [1.29, 1.82) is 0 Å². The molecular formula is C23H26ClN3O3. The van der Waals surface area contributed by atoms with E-state index < -0.39 is 0 Å². The van der Waals surface area contributed by atoms with Crippen LogP contribution in [0, 0.1) is 0 Å². The molecule has 2 amide bonds. The van der Waals surface area contributed by atoms with Gasteiger partial charge in [0.05, 0.1) is 23.9 Å². The minimum Gasteiger partial charge on any atom is -0.379 e. The lowest BCUT2D eigenvalue weighted by Crippen LogP contribution is -2.35. The number of hydrogen-bond donors (Lipinski definition) is 1. The van der Waals surface area contributed by atoms with Crippen LogP contribution in [0.5, 0.6) is 0 Å². The zero-order valence-electron chi connectivity index (χ0n) is 16.9. The SMILES string of the molecule is O=C(NCc1ccc(CN2CCOCC2)cc1)c1ccc(Cl)c(N2CCCC2=O)c1. The average Bonchev–Trinajstić information content (AvgIpc) is 3.20. The Morgan fingerprint density at radius 2 is 1.77 bits per heavy atom. The molecule has 0 aliphatic carbocycles. The molecule has 0 atom stereocenters. The van der Waals surface area contributed by atoms with Gasteiger partial charge in [0.15, 0.2) is 0 Å². The van der Waals surface area contributed by atoms with Crippen molar-refractivity contribution in [3.8, 4) is 0 Å². The van der Waals surface area contributed by atoms with Crippen molar-refractivity contribution in [3.05, 3.63) is 64.2 Å². The van der Waals surface area contributed by atoms with Gasteiger partial charge in [0.25, 0.3) is 5.91 Å². The number of benzene rings is 2. The first-order valence-electron chi connectivity index (χ1n) is 10.4. The van der Waals surface area contributed by atoms with Gasteiger partial charge in [0.2, 0.25) is 5.91 Å². The van der Waals surface area contributed by atoms with E-state index in [1.807, 2.05) is 12.1 Å². The number of nitrogens with one attached hydrogen (secondary N) is 1. The van der Waals surface area contributed by atoms with Crippen molar-refractivity contribution < 1.29 is 14.3 Å². The van der Waals surface area contributed by atoms with Crippen molar-refractivity contribution in [2.75, 3.05) is 37.7 Å². The van der Waals surface area contributed by atoms with E-state index in [-0.39, 0.29) is 11.8 Å². The number of rotatable bonds is 6. The van der Waals surface area contributed by atoms with Crippen LogP contribution in [0.3, 0.4) is 0 Å². The minimum atomic E-state index is -0.183. The van der Waals surface area contributed by atoms with Crippen molar-refractivity contribution in [2.45, 2.75) is 25.9 Å². The Bertz CT molecular complexity index is 910. The van der Waals surface area contributed by atoms with Crippen molar-refractivity contribution in [3.63, 3.8) is 0 Å². The average molecular weight is 428 g/mol. The highest BCUT2D eigenvalue weighted by molar-refractivity contribution is 6.34. The smallest absolute Gasteiger partial charge is 0.251 e. The lowest BCUT2D eigenvalue weighted by Gasteiger charge is -2.26. The molecule has 2 aliphatic rings. The highest BCUT2D eigenvalue weighted by atomic mass is 35.5. The first-order valence-corrected chi connectivity index (χ1v) is 10.7. The van der Waals surface area contributed by atoms with Crippen LogP contribution in [0.15, 0.2) is 42.5 Å². The van der Waals surface area contributed by atoms with Gasteiger partial charge in [-0.3, -0.25) is 14.5 Å². The molecule has 0 spiro atoms. The molecular weight excluding hydrogens is 402 g/mol. The molecule has 4 rings (SSSR count). The number of nitrogens with zero attached hydrogens (tertiary/aromatic N) is 2. The number of carbonyl (C=O) groups is 2. The third-order valence-electron chi connectivity index (χ3n) is 5.56. The van der Waals surface area contributed by atoms with E-state index in [1.165, 1.54) is 5.56 Å². The number of morpholine rings is 1. The number of hydrogen-bond acceptors (Lipinski definition) is 4. The Morgan fingerprint density at radius 1 is 1.03 bits per heavy atom. The summed E-state index contributed by atoms with van der Waals surface area (Å²) in [6, 6.07) is 13.4. The van der Waals surface area contributed by atoms with Crippen LogP contribution in [-0.4, -0.2) is 49.6 Å². The van der Waals surface area contributed by atoms with Crippen LogP contribution in [0.4, 0.5) is 5.69 Å². The van der Waals surface area contributed by atoms with E-state index in [1.54, 1.807) is 23.1 Å². The molecule has 2 fully saturated rings. The minimum absolute atomic E-state index is 0.0478. The molecule has 7 heteroatoms. The number of anilines is 1. The molecule has 2 aromatic carbocycles. The Labute approximate surface area is 181 Å². The largest absolute Gasteiger partial charge is 0.379 e. The molecule has 0 radical (unpaired) electrons. The van der Waals surface area contributed by atoms with Gasteiger partial charge in [-0.15, -0.1) is 0 Å². The highest BCUT2D eigenvalue weighted by Gasteiger charge is 2.24. The van der Waals surface area contributed by atoms with Gasteiger partial charge < -0.3 is 15.0 Å². The molecule has 30 heavy (non-hydrogen) atoms. The van der Waals surface area contributed by atoms with E-state index in [0.29, 0.717) is 35.8 Å². The van der Waals surface area contributed by atoms with Gasteiger partial charge in [0.1, 0.15) is 0 Å². The Balaban J connectivity index is 1.34. The Kier molecular flexibility index (Phi) is 6.67. The Hall–Kier alpha value is -2.41. The second kappa shape index (κ2) is 9.60. The van der Waals surface area contributed by atoms with E-state index in [4.69, 9.17) is 16.3 Å². The summed E-state index contributed by atoms with van der Waals surface area (Å²) in [5, 5.41) is 3.44. The second-order valence-electron chi connectivity index (χ2n) is 7.70. The van der Waals surface area contributed by atoms with Crippen LogP contribution in [0.25, 0.3) is 0 Å².